The van der Waals surface area contributed by atoms with Gasteiger partial charge in [-0.1, -0.05) is 6.07 Å². The lowest BCUT2D eigenvalue weighted by Crippen LogP contribution is -2.39. The molecule has 2 aromatic rings. The Labute approximate surface area is 151 Å². The SMILES string of the molecule is CC(C)n1ccnc1[C@@H]1CCCN(C(=O)c2cccc(OC(F)F)c2)C1. The van der Waals surface area contributed by atoms with Crippen molar-refractivity contribution in [1.29, 1.82) is 0 Å². The van der Waals surface area contributed by atoms with Gasteiger partial charge in [0.25, 0.3) is 5.91 Å². The molecule has 2 heterocycles. The number of amides is 1. The zero-order valence-electron chi connectivity index (χ0n) is 14.9. The van der Waals surface area contributed by atoms with Gasteiger partial charge in [-0.25, -0.2) is 4.98 Å². The van der Waals surface area contributed by atoms with E-state index >= 15 is 0 Å². The number of rotatable bonds is 5. The Morgan fingerprint density at radius 1 is 1.35 bits per heavy atom. The van der Waals surface area contributed by atoms with E-state index in [2.05, 4.69) is 28.1 Å². The monoisotopic (exact) mass is 363 g/mol. The second-order valence-corrected chi connectivity index (χ2v) is 6.78. The Hall–Kier alpha value is -2.44. The van der Waals surface area contributed by atoms with E-state index in [0.717, 1.165) is 18.7 Å². The summed E-state index contributed by atoms with van der Waals surface area (Å²) in [6, 6.07) is 6.27. The summed E-state index contributed by atoms with van der Waals surface area (Å²) in [6.07, 6.45) is 5.61. The number of piperidine rings is 1. The van der Waals surface area contributed by atoms with Crippen LogP contribution in [0.25, 0.3) is 0 Å². The van der Waals surface area contributed by atoms with E-state index in [9.17, 15) is 13.6 Å². The summed E-state index contributed by atoms with van der Waals surface area (Å²) in [5.74, 6) is 0.990. The fourth-order valence-electron chi connectivity index (χ4n) is 3.44. The molecule has 1 atom stereocenters. The number of likely N-dealkylation sites (tertiary alicyclic amines) is 1. The van der Waals surface area contributed by atoms with Gasteiger partial charge in [-0.15, -0.1) is 0 Å². The van der Waals surface area contributed by atoms with Gasteiger partial charge in [-0.2, -0.15) is 8.78 Å². The van der Waals surface area contributed by atoms with E-state index < -0.39 is 6.61 Å². The van der Waals surface area contributed by atoms with Crippen LogP contribution in [0, 0.1) is 0 Å². The van der Waals surface area contributed by atoms with Crippen molar-refractivity contribution in [3.8, 4) is 5.75 Å². The molecule has 0 N–H and O–H groups in total. The molecule has 1 fully saturated rings. The Kier molecular flexibility index (Phi) is 5.54. The Bertz CT molecular complexity index is 761. The number of ether oxygens (including phenoxy) is 1. The summed E-state index contributed by atoms with van der Waals surface area (Å²) in [5.41, 5.74) is 0.357. The van der Waals surface area contributed by atoms with E-state index in [-0.39, 0.29) is 17.6 Å². The molecule has 1 aromatic carbocycles. The van der Waals surface area contributed by atoms with Crippen LogP contribution in [0.15, 0.2) is 36.7 Å². The number of aromatic nitrogens is 2. The maximum Gasteiger partial charge on any atom is 0.387 e. The van der Waals surface area contributed by atoms with Crippen LogP contribution >= 0.6 is 0 Å². The highest BCUT2D eigenvalue weighted by Gasteiger charge is 2.28. The van der Waals surface area contributed by atoms with Gasteiger partial charge >= 0.3 is 6.61 Å². The maximum atomic E-state index is 12.8. The number of carbonyl (C=O) groups is 1. The van der Waals surface area contributed by atoms with Crippen molar-refractivity contribution in [2.24, 2.45) is 0 Å². The Morgan fingerprint density at radius 2 is 2.15 bits per heavy atom. The fourth-order valence-corrected chi connectivity index (χ4v) is 3.44. The molecule has 1 aromatic heterocycles. The van der Waals surface area contributed by atoms with Crippen molar-refractivity contribution in [1.82, 2.24) is 14.5 Å². The van der Waals surface area contributed by atoms with Crippen LogP contribution in [-0.4, -0.2) is 40.1 Å². The van der Waals surface area contributed by atoms with Crippen LogP contribution in [0.3, 0.4) is 0 Å². The first kappa shape index (κ1) is 18.4. The fraction of sp³-hybridized carbons (Fsp3) is 0.474. The quantitative estimate of drug-likeness (QED) is 0.804. The number of imidazole rings is 1. The molecule has 1 amide bonds. The molecule has 7 heteroatoms. The molecular weight excluding hydrogens is 340 g/mol. The number of nitrogens with zero attached hydrogens (tertiary/aromatic N) is 3. The van der Waals surface area contributed by atoms with E-state index in [1.807, 2.05) is 6.20 Å². The van der Waals surface area contributed by atoms with Gasteiger partial charge in [0.15, 0.2) is 0 Å². The molecule has 0 unspecified atom stereocenters. The summed E-state index contributed by atoms with van der Waals surface area (Å²) in [5, 5.41) is 0. The Morgan fingerprint density at radius 3 is 2.88 bits per heavy atom. The summed E-state index contributed by atoms with van der Waals surface area (Å²) < 4.78 is 31.3. The summed E-state index contributed by atoms with van der Waals surface area (Å²) in [4.78, 5) is 19.1. The van der Waals surface area contributed by atoms with Crippen molar-refractivity contribution in [2.75, 3.05) is 13.1 Å². The molecule has 0 spiro atoms. The van der Waals surface area contributed by atoms with Crippen LogP contribution in [0.4, 0.5) is 8.78 Å². The molecule has 0 bridgehead atoms. The van der Waals surface area contributed by atoms with E-state index in [0.29, 0.717) is 24.7 Å². The molecule has 3 rings (SSSR count). The second-order valence-electron chi connectivity index (χ2n) is 6.78. The minimum absolute atomic E-state index is 0.00485. The normalized spacial score (nSPS) is 17.8. The molecule has 140 valence electrons. The van der Waals surface area contributed by atoms with Crippen LogP contribution in [0.1, 0.15) is 54.8 Å². The zero-order valence-corrected chi connectivity index (χ0v) is 14.9. The zero-order chi connectivity index (χ0) is 18.7. The minimum atomic E-state index is -2.91. The number of halogens is 2. The number of alkyl halides is 2. The second kappa shape index (κ2) is 7.85. The molecule has 0 radical (unpaired) electrons. The number of carbonyl (C=O) groups excluding carboxylic acids is 1. The van der Waals surface area contributed by atoms with Gasteiger partial charge in [-0.3, -0.25) is 4.79 Å². The molecule has 1 aliphatic heterocycles. The largest absolute Gasteiger partial charge is 0.435 e. The molecule has 1 saturated heterocycles. The molecule has 5 nitrogen and oxygen atoms in total. The summed E-state index contributed by atoms with van der Waals surface area (Å²) in [6.45, 7) is 2.52. The van der Waals surface area contributed by atoms with Gasteiger partial charge in [0.1, 0.15) is 11.6 Å². The maximum absolute atomic E-state index is 12.8. The van der Waals surface area contributed by atoms with E-state index in [1.54, 1.807) is 23.2 Å². The average molecular weight is 363 g/mol. The number of hydrogen-bond acceptors (Lipinski definition) is 3. The summed E-state index contributed by atoms with van der Waals surface area (Å²) in [7, 11) is 0. The van der Waals surface area contributed by atoms with Crippen molar-refractivity contribution in [3.05, 3.63) is 48.0 Å². The van der Waals surface area contributed by atoms with Gasteiger partial charge in [0, 0.05) is 43.0 Å². The third-order valence-corrected chi connectivity index (χ3v) is 4.63. The first-order valence-electron chi connectivity index (χ1n) is 8.82. The van der Waals surface area contributed by atoms with Gasteiger partial charge in [0.05, 0.1) is 0 Å². The standard InChI is InChI=1S/C19H23F2N3O2/c1-13(2)24-10-8-22-17(24)15-6-4-9-23(12-15)18(25)14-5-3-7-16(11-14)26-19(20)21/h3,5,7-8,10-11,13,15,19H,4,6,9,12H2,1-2H3/t15-/m1/s1. The van der Waals surface area contributed by atoms with Gasteiger partial charge < -0.3 is 14.2 Å². The topological polar surface area (TPSA) is 47.4 Å². The van der Waals surface area contributed by atoms with Crippen molar-refractivity contribution in [3.63, 3.8) is 0 Å². The van der Waals surface area contributed by atoms with Crippen molar-refractivity contribution >= 4 is 5.91 Å². The first-order chi connectivity index (χ1) is 12.5. The van der Waals surface area contributed by atoms with Crippen LogP contribution < -0.4 is 4.74 Å². The lowest BCUT2D eigenvalue weighted by Gasteiger charge is -2.33. The van der Waals surface area contributed by atoms with Crippen molar-refractivity contribution in [2.45, 2.75) is 45.3 Å². The number of hydrogen-bond donors (Lipinski definition) is 0. The number of benzene rings is 1. The molecule has 1 aliphatic rings. The molecular formula is C19H23F2N3O2. The summed E-state index contributed by atoms with van der Waals surface area (Å²) >= 11 is 0. The van der Waals surface area contributed by atoms with Crippen LogP contribution in [0.5, 0.6) is 5.75 Å². The van der Waals surface area contributed by atoms with Gasteiger partial charge in [0.2, 0.25) is 0 Å². The smallest absolute Gasteiger partial charge is 0.387 e. The highest BCUT2D eigenvalue weighted by molar-refractivity contribution is 5.94. The predicted molar refractivity (Wildman–Crippen MR) is 93.6 cm³/mol. The van der Waals surface area contributed by atoms with Crippen molar-refractivity contribution < 1.29 is 18.3 Å². The lowest BCUT2D eigenvalue weighted by molar-refractivity contribution is -0.0499. The highest BCUT2D eigenvalue weighted by Crippen LogP contribution is 2.28. The first-order valence-corrected chi connectivity index (χ1v) is 8.82. The van der Waals surface area contributed by atoms with Crippen LogP contribution in [0.2, 0.25) is 0 Å². The highest BCUT2D eigenvalue weighted by atomic mass is 19.3. The molecule has 0 aliphatic carbocycles. The lowest BCUT2D eigenvalue weighted by atomic mass is 9.96. The van der Waals surface area contributed by atoms with Crippen LogP contribution in [-0.2, 0) is 0 Å². The van der Waals surface area contributed by atoms with E-state index in [1.165, 1.54) is 12.1 Å². The molecule has 0 saturated carbocycles. The van der Waals surface area contributed by atoms with Gasteiger partial charge in [-0.05, 0) is 44.9 Å². The van der Waals surface area contributed by atoms with E-state index in [4.69, 9.17) is 0 Å². The molecule has 26 heavy (non-hydrogen) atoms. The predicted octanol–water partition coefficient (Wildman–Crippen LogP) is 4.09. The third kappa shape index (κ3) is 4.03. The average Bonchev–Trinajstić information content (AvgIpc) is 3.11. The Balaban J connectivity index is 1.75. The third-order valence-electron chi connectivity index (χ3n) is 4.63. The minimum Gasteiger partial charge on any atom is -0.435 e.